The first-order valence-corrected chi connectivity index (χ1v) is 9.80. The van der Waals surface area contributed by atoms with Crippen LogP contribution in [0.1, 0.15) is 17.3 Å². The summed E-state index contributed by atoms with van der Waals surface area (Å²) in [5.41, 5.74) is 3.06. The van der Waals surface area contributed by atoms with Gasteiger partial charge in [-0.15, -0.1) is 0 Å². The monoisotopic (exact) mass is 413 g/mol. The Kier molecular flexibility index (Phi) is 5.16. The minimum atomic E-state index is -0.414. The van der Waals surface area contributed by atoms with Gasteiger partial charge in [0.15, 0.2) is 18.0 Å². The standard InChI is InChI=1S/C20H20N4O4S/c1-14(25)15-2-4-16(5-3-15)22-10-8-21(9-11-22)13-23-18-12-17(24(26)27)6-7-19(18)28-20(23)29/h2-7,12H,8-11,13H2,1H3/p+1. The number of quaternary nitrogens is 1. The van der Waals surface area contributed by atoms with Gasteiger partial charge in [0.05, 0.1) is 36.6 Å². The number of nitrogens with one attached hydrogen (secondary N) is 1. The molecule has 1 aromatic heterocycles. The second-order valence-corrected chi connectivity index (χ2v) is 7.55. The zero-order valence-electron chi connectivity index (χ0n) is 16.0. The number of fused-ring (bicyclic) bond motifs is 1. The summed E-state index contributed by atoms with van der Waals surface area (Å²) in [4.78, 5) is 26.1. The molecule has 2 aromatic carbocycles. The second kappa shape index (κ2) is 7.76. The number of nitro groups is 1. The number of benzene rings is 2. The summed E-state index contributed by atoms with van der Waals surface area (Å²) < 4.78 is 7.44. The van der Waals surface area contributed by atoms with Crippen LogP contribution in [0.4, 0.5) is 11.4 Å². The van der Waals surface area contributed by atoms with Gasteiger partial charge in [0.2, 0.25) is 0 Å². The molecule has 0 aliphatic carbocycles. The van der Waals surface area contributed by atoms with Crippen LogP contribution in [0.25, 0.3) is 11.1 Å². The van der Waals surface area contributed by atoms with E-state index in [0.29, 0.717) is 28.2 Å². The maximum absolute atomic E-state index is 11.4. The van der Waals surface area contributed by atoms with Gasteiger partial charge in [-0.2, -0.15) is 0 Å². The van der Waals surface area contributed by atoms with Gasteiger partial charge in [0, 0.05) is 23.4 Å². The van der Waals surface area contributed by atoms with Crippen molar-refractivity contribution in [3.63, 3.8) is 0 Å². The van der Waals surface area contributed by atoms with Crippen molar-refractivity contribution in [1.82, 2.24) is 4.57 Å². The third-order valence-corrected chi connectivity index (χ3v) is 5.66. The predicted octanol–water partition coefficient (Wildman–Crippen LogP) is 2.44. The molecule has 9 heteroatoms. The van der Waals surface area contributed by atoms with Crippen LogP contribution < -0.4 is 9.80 Å². The molecule has 0 amide bonds. The second-order valence-electron chi connectivity index (χ2n) is 7.20. The normalized spacial score (nSPS) is 15.0. The highest BCUT2D eigenvalue weighted by atomic mass is 32.1. The van der Waals surface area contributed by atoms with Crippen LogP contribution in [0.5, 0.6) is 0 Å². The van der Waals surface area contributed by atoms with E-state index in [-0.39, 0.29) is 11.5 Å². The molecule has 0 unspecified atom stereocenters. The largest absolute Gasteiger partial charge is 0.429 e. The number of nitro benzene ring substituents is 1. The molecule has 1 aliphatic heterocycles. The molecule has 0 spiro atoms. The Morgan fingerprint density at radius 2 is 1.90 bits per heavy atom. The lowest BCUT2D eigenvalue weighted by atomic mass is 10.1. The molecule has 0 bridgehead atoms. The number of carbonyl (C=O) groups excluding carboxylic acids is 1. The molecule has 2 heterocycles. The van der Waals surface area contributed by atoms with Gasteiger partial charge in [-0.25, -0.2) is 0 Å². The first kappa shape index (κ1) is 19.3. The number of ketones is 1. The van der Waals surface area contributed by atoms with Gasteiger partial charge >= 0.3 is 0 Å². The number of non-ortho nitro benzene ring substituents is 1. The molecular weight excluding hydrogens is 392 g/mol. The van der Waals surface area contributed by atoms with E-state index in [1.165, 1.54) is 17.0 Å². The maximum atomic E-state index is 11.4. The van der Waals surface area contributed by atoms with Crippen LogP contribution in [0, 0.1) is 15.0 Å². The first-order valence-electron chi connectivity index (χ1n) is 9.39. The van der Waals surface area contributed by atoms with Crippen molar-refractivity contribution in [2.75, 3.05) is 31.1 Å². The quantitative estimate of drug-likeness (QED) is 0.299. The van der Waals surface area contributed by atoms with E-state index >= 15 is 0 Å². The minimum Gasteiger partial charge on any atom is -0.429 e. The summed E-state index contributed by atoms with van der Waals surface area (Å²) in [6.45, 7) is 5.71. The van der Waals surface area contributed by atoms with Gasteiger partial charge in [0.1, 0.15) is 0 Å². The summed E-state index contributed by atoms with van der Waals surface area (Å²) >= 11 is 5.34. The summed E-state index contributed by atoms with van der Waals surface area (Å²) in [6.07, 6.45) is 0. The molecule has 0 saturated carbocycles. The molecule has 1 N–H and O–H groups in total. The van der Waals surface area contributed by atoms with Gasteiger partial charge in [0.25, 0.3) is 10.5 Å². The first-order chi connectivity index (χ1) is 13.9. The van der Waals surface area contributed by atoms with Gasteiger partial charge in [-0.1, -0.05) is 0 Å². The fraction of sp³-hybridized carbons (Fsp3) is 0.300. The van der Waals surface area contributed by atoms with E-state index in [1.54, 1.807) is 13.0 Å². The highest BCUT2D eigenvalue weighted by Gasteiger charge is 2.22. The number of hydrogen-bond acceptors (Lipinski definition) is 6. The average molecular weight is 413 g/mol. The molecule has 4 rings (SSSR count). The van der Waals surface area contributed by atoms with Crippen LogP contribution in [0.2, 0.25) is 0 Å². The van der Waals surface area contributed by atoms with Crippen molar-refractivity contribution in [3.05, 3.63) is 63.0 Å². The smallest absolute Gasteiger partial charge is 0.274 e. The third kappa shape index (κ3) is 3.92. The van der Waals surface area contributed by atoms with E-state index in [9.17, 15) is 14.9 Å². The van der Waals surface area contributed by atoms with Crippen molar-refractivity contribution < 1.29 is 19.0 Å². The Bertz CT molecular complexity index is 1130. The number of oxazole rings is 1. The molecule has 3 aromatic rings. The van der Waals surface area contributed by atoms with Gasteiger partial charge < -0.3 is 14.2 Å². The molecule has 29 heavy (non-hydrogen) atoms. The number of carbonyl (C=O) groups is 1. The Morgan fingerprint density at radius 3 is 2.52 bits per heavy atom. The molecule has 0 radical (unpaired) electrons. The zero-order chi connectivity index (χ0) is 20.5. The van der Waals surface area contributed by atoms with Gasteiger partial charge in [-0.3, -0.25) is 19.5 Å². The fourth-order valence-electron chi connectivity index (χ4n) is 3.68. The fourth-order valence-corrected chi connectivity index (χ4v) is 3.94. The van der Waals surface area contributed by atoms with Crippen LogP contribution >= 0.6 is 12.2 Å². The molecule has 1 aliphatic rings. The lowest BCUT2D eigenvalue weighted by Crippen LogP contribution is -3.14. The lowest BCUT2D eigenvalue weighted by molar-refractivity contribution is -0.923. The van der Waals surface area contributed by atoms with Gasteiger partial charge in [-0.05, 0) is 49.5 Å². The summed E-state index contributed by atoms with van der Waals surface area (Å²) in [5.74, 6) is 0.0649. The van der Waals surface area contributed by atoms with Crippen LogP contribution in [-0.4, -0.2) is 41.5 Å². The molecule has 0 atom stereocenters. The lowest BCUT2D eigenvalue weighted by Gasteiger charge is -2.33. The van der Waals surface area contributed by atoms with Crippen LogP contribution in [-0.2, 0) is 6.67 Å². The summed E-state index contributed by atoms with van der Waals surface area (Å²) in [6, 6.07) is 12.2. The Balaban J connectivity index is 1.46. The van der Waals surface area contributed by atoms with E-state index in [2.05, 4.69) is 4.90 Å². The van der Waals surface area contributed by atoms with E-state index in [4.69, 9.17) is 16.6 Å². The number of anilines is 1. The van der Waals surface area contributed by atoms with Crippen molar-refractivity contribution in [1.29, 1.82) is 0 Å². The van der Waals surface area contributed by atoms with E-state index in [0.717, 1.165) is 31.9 Å². The van der Waals surface area contributed by atoms with Crippen LogP contribution in [0.15, 0.2) is 46.9 Å². The predicted molar refractivity (Wildman–Crippen MR) is 111 cm³/mol. The topological polar surface area (TPSA) is 86.0 Å². The number of piperazine rings is 1. The SMILES string of the molecule is CC(=O)c1ccc(N2CC[NH+](Cn3c(=S)oc4ccc([N+](=O)[O-])cc43)CC2)cc1. The highest BCUT2D eigenvalue weighted by molar-refractivity contribution is 7.71. The number of aromatic nitrogens is 1. The summed E-state index contributed by atoms with van der Waals surface area (Å²) in [7, 11) is 0. The highest BCUT2D eigenvalue weighted by Crippen LogP contribution is 2.22. The Labute approximate surface area is 172 Å². The number of nitrogens with zero attached hydrogens (tertiary/aromatic N) is 3. The molecule has 150 valence electrons. The molecule has 1 saturated heterocycles. The number of rotatable bonds is 5. The molecule has 1 fully saturated rings. The zero-order valence-corrected chi connectivity index (χ0v) is 16.8. The van der Waals surface area contributed by atoms with Crippen molar-refractivity contribution in [3.8, 4) is 0 Å². The molecule has 8 nitrogen and oxygen atoms in total. The minimum absolute atomic E-state index is 0.0240. The number of hydrogen-bond donors (Lipinski definition) is 1. The average Bonchev–Trinajstić information content (AvgIpc) is 3.03. The van der Waals surface area contributed by atoms with Crippen molar-refractivity contribution >= 4 is 40.5 Å². The van der Waals surface area contributed by atoms with E-state index < -0.39 is 4.92 Å². The Hall–Kier alpha value is -3.04. The number of Topliss-reactive ketones (excluding diaryl/α,β-unsaturated/α-hetero) is 1. The maximum Gasteiger partial charge on any atom is 0.274 e. The third-order valence-electron chi connectivity index (χ3n) is 5.35. The van der Waals surface area contributed by atoms with Crippen molar-refractivity contribution in [2.24, 2.45) is 0 Å². The van der Waals surface area contributed by atoms with Crippen molar-refractivity contribution in [2.45, 2.75) is 13.6 Å². The van der Waals surface area contributed by atoms with E-state index in [1.807, 2.05) is 28.8 Å². The Morgan fingerprint density at radius 1 is 1.21 bits per heavy atom. The summed E-state index contributed by atoms with van der Waals surface area (Å²) in [5, 5.41) is 11.1. The van der Waals surface area contributed by atoms with Crippen LogP contribution in [0.3, 0.4) is 0 Å². The molecular formula is C20H21N4O4S+.